The summed E-state index contributed by atoms with van der Waals surface area (Å²) in [5.74, 6) is 0. The lowest BCUT2D eigenvalue weighted by atomic mass is 10.2. The van der Waals surface area contributed by atoms with Crippen molar-refractivity contribution >= 4 is 34.1 Å². The van der Waals surface area contributed by atoms with E-state index in [9.17, 15) is 0 Å². The van der Waals surface area contributed by atoms with E-state index in [1.807, 2.05) is 12.1 Å². The van der Waals surface area contributed by atoms with E-state index in [0.29, 0.717) is 10.0 Å². The van der Waals surface area contributed by atoms with Crippen molar-refractivity contribution in [1.29, 1.82) is 0 Å². The summed E-state index contributed by atoms with van der Waals surface area (Å²) in [6.45, 7) is 3.88. The largest absolute Gasteiger partial charge is 0.346 e. The number of likely N-dealkylation sites (N-methyl/N-ethyl adjacent to an activating group) is 1. The molecule has 0 unspecified atom stereocenters. The van der Waals surface area contributed by atoms with Gasteiger partial charge in [-0.2, -0.15) is 0 Å². The lowest BCUT2D eigenvalue weighted by molar-refractivity contribution is 0.398. The molecule has 1 aromatic heterocycles. The third-order valence-corrected chi connectivity index (χ3v) is 3.60. The molecule has 19 heavy (non-hydrogen) atoms. The highest BCUT2D eigenvalue weighted by atomic mass is 35.5. The van der Waals surface area contributed by atoms with Crippen LogP contribution in [0.1, 0.15) is 0 Å². The van der Waals surface area contributed by atoms with Gasteiger partial charge in [-0.25, -0.2) is 0 Å². The second-order valence-corrected chi connectivity index (χ2v) is 5.73. The molecule has 1 N–H and O–H groups in total. The third-order valence-electron chi connectivity index (χ3n) is 3.07. The van der Waals surface area contributed by atoms with Gasteiger partial charge in [-0.05, 0) is 32.3 Å². The number of benzene rings is 1. The van der Waals surface area contributed by atoms with E-state index in [2.05, 4.69) is 35.1 Å². The number of aromatic nitrogens is 1. The van der Waals surface area contributed by atoms with Crippen LogP contribution in [0.15, 0.2) is 24.4 Å². The van der Waals surface area contributed by atoms with E-state index in [1.165, 1.54) is 0 Å². The van der Waals surface area contributed by atoms with Crippen LogP contribution in [0, 0.1) is 0 Å². The van der Waals surface area contributed by atoms with Gasteiger partial charge < -0.3 is 14.8 Å². The van der Waals surface area contributed by atoms with E-state index in [1.54, 1.807) is 6.07 Å². The van der Waals surface area contributed by atoms with Gasteiger partial charge in [-0.1, -0.05) is 23.2 Å². The fourth-order valence-electron chi connectivity index (χ4n) is 2.04. The highest BCUT2D eigenvalue weighted by molar-refractivity contribution is 6.38. The molecule has 1 aromatic carbocycles. The molecule has 5 heteroatoms. The Balaban J connectivity index is 1.98. The van der Waals surface area contributed by atoms with Gasteiger partial charge in [0.1, 0.15) is 0 Å². The minimum atomic E-state index is 0.679. The minimum absolute atomic E-state index is 0.679. The molecule has 2 rings (SSSR count). The fraction of sp³-hybridized carbons (Fsp3) is 0.429. The lowest BCUT2D eigenvalue weighted by Crippen LogP contribution is -2.28. The van der Waals surface area contributed by atoms with Crippen LogP contribution in [0.25, 0.3) is 10.9 Å². The summed E-state index contributed by atoms with van der Waals surface area (Å²) in [4.78, 5) is 2.16. The fourth-order valence-corrected chi connectivity index (χ4v) is 2.59. The van der Waals surface area contributed by atoms with Gasteiger partial charge in [0, 0.05) is 42.8 Å². The van der Waals surface area contributed by atoms with Crippen molar-refractivity contribution in [3.63, 3.8) is 0 Å². The van der Waals surface area contributed by atoms with Gasteiger partial charge in [0.25, 0.3) is 0 Å². The molecule has 0 spiro atoms. The molecular weight excluding hydrogens is 281 g/mol. The van der Waals surface area contributed by atoms with E-state index in [4.69, 9.17) is 23.2 Å². The molecule has 2 aromatic rings. The van der Waals surface area contributed by atoms with Crippen molar-refractivity contribution in [2.24, 2.45) is 0 Å². The van der Waals surface area contributed by atoms with E-state index in [-0.39, 0.29) is 0 Å². The summed E-state index contributed by atoms with van der Waals surface area (Å²) in [7, 11) is 4.15. The summed E-state index contributed by atoms with van der Waals surface area (Å²) in [5, 5.41) is 5.86. The number of halogens is 2. The highest BCUT2D eigenvalue weighted by Gasteiger charge is 2.06. The molecule has 104 valence electrons. The second kappa shape index (κ2) is 6.62. The maximum atomic E-state index is 6.18. The third kappa shape index (κ3) is 3.86. The smallest absolute Gasteiger partial charge is 0.0514 e. The standard InChI is InChI=1S/C14H19Cl2N3/c1-18(2)7-4-17-5-8-19-6-3-12-13(16)9-11(15)10-14(12)19/h3,6,9-10,17H,4-5,7-8H2,1-2H3. The topological polar surface area (TPSA) is 20.2 Å². The van der Waals surface area contributed by atoms with E-state index in [0.717, 1.165) is 37.1 Å². The Bertz CT molecular complexity index is 549. The zero-order chi connectivity index (χ0) is 13.8. The Morgan fingerprint density at radius 1 is 1.21 bits per heavy atom. The zero-order valence-corrected chi connectivity index (χ0v) is 12.8. The second-order valence-electron chi connectivity index (χ2n) is 4.88. The number of nitrogens with zero attached hydrogens (tertiary/aromatic N) is 2. The molecule has 0 aliphatic rings. The summed E-state index contributed by atoms with van der Waals surface area (Å²) in [6, 6.07) is 5.78. The Kier molecular flexibility index (Phi) is 5.11. The quantitative estimate of drug-likeness (QED) is 0.827. The van der Waals surface area contributed by atoms with Crippen LogP contribution in [0.5, 0.6) is 0 Å². The molecule has 0 aliphatic carbocycles. The van der Waals surface area contributed by atoms with Crippen molar-refractivity contribution in [3.05, 3.63) is 34.4 Å². The normalized spacial score (nSPS) is 11.6. The molecule has 1 heterocycles. The number of nitrogens with one attached hydrogen (secondary N) is 1. The molecule has 0 aliphatic heterocycles. The molecule has 0 saturated heterocycles. The summed E-state index contributed by atoms with van der Waals surface area (Å²) >= 11 is 12.2. The van der Waals surface area contributed by atoms with Gasteiger partial charge in [0.05, 0.1) is 10.5 Å². The molecule has 0 fully saturated rings. The predicted molar refractivity (Wildman–Crippen MR) is 83.4 cm³/mol. The van der Waals surface area contributed by atoms with Crippen molar-refractivity contribution in [2.75, 3.05) is 33.7 Å². The Morgan fingerprint density at radius 3 is 2.74 bits per heavy atom. The average molecular weight is 300 g/mol. The molecule has 0 saturated carbocycles. The summed E-state index contributed by atoms with van der Waals surface area (Å²) < 4.78 is 2.18. The van der Waals surface area contributed by atoms with Gasteiger partial charge >= 0.3 is 0 Å². The van der Waals surface area contributed by atoms with E-state index >= 15 is 0 Å². The van der Waals surface area contributed by atoms with Crippen LogP contribution in [0.3, 0.4) is 0 Å². The minimum Gasteiger partial charge on any atom is -0.346 e. The SMILES string of the molecule is CN(C)CCNCCn1ccc2c(Cl)cc(Cl)cc21. The van der Waals surface area contributed by atoms with E-state index < -0.39 is 0 Å². The van der Waals surface area contributed by atoms with Crippen LogP contribution in [-0.4, -0.2) is 43.2 Å². The molecule has 0 atom stereocenters. The molecular formula is C14H19Cl2N3. The van der Waals surface area contributed by atoms with Crippen LogP contribution in [-0.2, 0) is 6.54 Å². The number of rotatable bonds is 6. The number of hydrogen-bond donors (Lipinski definition) is 1. The first-order valence-electron chi connectivity index (χ1n) is 6.37. The first kappa shape index (κ1) is 14.7. The highest BCUT2D eigenvalue weighted by Crippen LogP contribution is 2.28. The van der Waals surface area contributed by atoms with Gasteiger partial charge in [-0.15, -0.1) is 0 Å². The first-order chi connectivity index (χ1) is 9.08. The van der Waals surface area contributed by atoms with Crippen molar-refractivity contribution in [1.82, 2.24) is 14.8 Å². The van der Waals surface area contributed by atoms with Crippen LogP contribution in [0.2, 0.25) is 10.0 Å². The maximum absolute atomic E-state index is 6.18. The Morgan fingerprint density at radius 2 is 2.00 bits per heavy atom. The molecule has 0 bridgehead atoms. The monoisotopic (exact) mass is 299 g/mol. The van der Waals surface area contributed by atoms with Crippen LogP contribution < -0.4 is 5.32 Å². The Hall–Kier alpha value is -0.740. The number of fused-ring (bicyclic) bond motifs is 1. The van der Waals surface area contributed by atoms with Crippen molar-refractivity contribution in [2.45, 2.75) is 6.54 Å². The lowest BCUT2D eigenvalue weighted by Gasteiger charge is -2.11. The Labute approximate surface area is 124 Å². The van der Waals surface area contributed by atoms with Gasteiger partial charge in [0.15, 0.2) is 0 Å². The van der Waals surface area contributed by atoms with Crippen molar-refractivity contribution < 1.29 is 0 Å². The molecule has 3 nitrogen and oxygen atoms in total. The first-order valence-corrected chi connectivity index (χ1v) is 7.13. The van der Waals surface area contributed by atoms with Gasteiger partial charge in [-0.3, -0.25) is 0 Å². The number of hydrogen-bond acceptors (Lipinski definition) is 2. The van der Waals surface area contributed by atoms with Crippen LogP contribution in [0.4, 0.5) is 0 Å². The average Bonchev–Trinajstić information content (AvgIpc) is 2.72. The predicted octanol–water partition coefficient (Wildman–Crippen LogP) is 3.10. The maximum Gasteiger partial charge on any atom is 0.0514 e. The van der Waals surface area contributed by atoms with Gasteiger partial charge in [0.2, 0.25) is 0 Å². The molecule has 0 radical (unpaired) electrons. The molecule has 0 amide bonds. The zero-order valence-electron chi connectivity index (χ0n) is 11.3. The summed E-state index contributed by atoms with van der Waals surface area (Å²) in [5.41, 5.74) is 1.09. The summed E-state index contributed by atoms with van der Waals surface area (Å²) in [6.07, 6.45) is 2.06. The van der Waals surface area contributed by atoms with Crippen molar-refractivity contribution in [3.8, 4) is 0 Å². The van der Waals surface area contributed by atoms with Crippen LogP contribution >= 0.6 is 23.2 Å².